The number of carbonyl (C=O) groups excluding carboxylic acids is 1. The topological polar surface area (TPSA) is 63.7 Å². The first-order chi connectivity index (χ1) is 11.7. The Balaban J connectivity index is 2.11. The van der Waals surface area contributed by atoms with Gasteiger partial charge in [0.1, 0.15) is 11.5 Å². The number of amides is 1. The predicted octanol–water partition coefficient (Wildman–Crippen LogP) is 3.34. The lowest BCUT2D eigenvalue weighted by Gasteiger charge is -2.25. The second-order valence-corrected chi connectivity index (χ2v) is 8.09. The average Bonchev–Trinajstić information content (AvgIpc) is 2.60. The van der Waals surface area contributed by atoms with Gasteiger partial charge in [-0.1, -0.05) is 23.7 Å². The number of hydrogen-bond acceptors (Lipinski definition) is 4. The summed E-state index contributed by atoms with van der Waals surface area (Å²) in [6.45, 7) is 1.84. The van der Waals surface area contributed by atoms with Gasteiger partial charge in [0.25, 0.3) is 0 Å². The van der Waals surface area contributed by atoms with Crippen molar-refractivity contribution in [2.75, 3.05) is 19.9 Å². The van der Waals surface area contributed by atoms with Gasteiger partial charge in [0.05, 0.1) is 18.0 Å². The molecule has 0 fully saturated rings. The van der Waals surface area contributed by atoms with E-state index in [-0.39, 0.29) is 10.9 Å². The zero-order valence-corrected chi connectivity index (χ0v) is 15.8. The highest BCUT2D eigenvalue weighted by Crippen LogP contribution is 2.23. The Morgan fingerprint density at radius 1 is 1.12 bits per heavy atom. The molecule has 25 heavy (non-hydrogen) atoms. The maximum atomic E-state index is 12.4. The van der Waals surface area contributed by atoms with Gasteiger partial charge in [-0.25, -0.2) is 8.42 Å². The minimum Gasteiger partial charge on any atom is -0.497 e. The third kappa shape index (κ3) is 4.74. The van der Waals surface area contributed by atoms with Gasteiger partial charge in [-0.2, -0.15) is 0 Å². The van der Waals surface area contributed by atoms with Gasteiger partial charge in [0.2, 0.25) is 5.91 Å². The number of rotatable bonds is 6. The van der Waals surface area contributed by atoms with Crippen molar-refractivity contribution in [3.63, 3.8) is 0 Å². The number of benzene rings is 2. The first-order valence-corrected chi connectivity index (χ1v) is 9.65. The van der Waals surface area contributed by atoms with Crippen LogP contribution < -0.4 is 4.74 Å². The summed E-state index contributed by atoms with van der Waals surface area (Å²) in [7, 11) is -0.547. The molecule has 0 saturated carbocycles. The Morgan fingerprint density at radius 3 is 2.20 bits per heavy atom. The largest absolute Gasteiger partial charge is 0.497 e. The molecule has 5 nitrogen and oxygen atoms in total. The van der Waals surface area contributed by atoms with E-state index in [0.717, 1.165) is 11.3 Å². The van der Waals surface area contributed by atoms with Crippen molar-refractivity contribution >= 4 is 27.3 Å². The van der Waals surface area contributed by atoms with E-state index in [2.05, 4.69) is 0 Å². The molecule has 0 bridgehead atoms. The predicted molar refractivity (Wildman–Crippen MR) is 97.7 cm³/mol. The van der Waals surface area contributed by atoms with Crippen LogP contribution in [0.2, 0.25) is 5.02 Å². The van der Waals surface area contributed by atoms with Crippen LogP contribution in [0.15, 0.2) is 53.4 Å². The normalized spacial score (nSPS) is 12.5. The highest BCUT2D eigenvalue weighted by molar-refractivity contribution is 7.92. The van der Waals surface area contributed by atoms with Gasteiger partial charge in [-0.3, -0.25) is 4.79 Å². The number of carbonyl (C=O) groups is 1. The van der Waals surface area contributed by atoms with Crippen LogP contribution >= 0.6 is 11.6 Å². The third-order valence-electron chi connectivity index (χ3n) is 4.06. The molecule has 0 radical (unpaired) electrons. The highest BCUT2D eigenvalue weighted by atomic mass is 35.5. The van der Waals surface area contributed by atoms with E-state index in [0.29, 0.717) is 5.02 Å². The van der Waals surface area contributed by atoms with Crippen LogP contribution in [0.3, 0.4) is 0 Å². The van der Waals surface area contributed by atoms with Gasteiger partial charge in [0.15, 0.2) is 9.84 Å². The maximum Gasteiger partial charge on any atom is 0.238 e. The minimum absolute atomic E-state index is 0.0794. The smallest absolute Gasteiger partial charge is 0.238 e. The first-order valence-electron chi connectivity index (χ1n) is 7.62. The Kier molecular flexibility index (Phi) is 6.08. The second kappa shape index (κ2) is 7.89. The Hall–Kier alpha value is -2.05. The summed E-state index contributed by atoms with van der Waals surface area (Å²) in [5.74, 6) is -0.348. The number of ether oxygens (including phenoxy) is 1. The van der Waals surface area contributed by atoms with E-state index in [1.165, 1.54) is 29.2 Å². The molecule has 0 aromatic heterocycles. The molecule has 7 heteroatoms. The standard InChI is InChI=1S/C18H20ClNO4S/c1-13(14-4-8-16(24-3)9-5-14)20(2)18(21)12-25(22,23)17-10-6-15(19)7-11-17/h4-11,13H,12H2,1-3H3. The van der Waals surface area contributed by atoms with Crippen LogP contribution in [0.25, 0.3) is 0 Å². The number of hydrogen-bond donors (Lipinski definition) is 0. The van der Waals surface area contributed by atoms with Gasteiger partial charge in [-0.15, -0.1) is 0 Å². The number of methoxy groups -OCH3 is 1. The van der Waals surface area contributed by atoms with Crippen molar-refractivity contribution < 1.29 is 17.9 Å². The molecule has 1 amide bonds. The SMILES string of the molecule is COc1ccc(C(C)N(C)C(=O)CS(=O)(=O)c2ccc(Cl)cc2)cc1. The van der Waals surface area contributed by atoms with Crippen LogP contribution in [0, 0.1) is 0 Å². The lowest BCUT2D eigenvalue weighted by atomic mass is 10.1. The molecule has 1 unspecified atom stereocenters. The van der Waals surface area contributed by atoms with Crippen molar-refractivity contribution in [1.29, 1.82) is 0 Å². The van der Waals surface area contributed by atoms with Gasteiger partial charge in [0, 0.05) is 12.1 Å². The summed E-state index contributed by atoms with van der Waals surface area (Å²) in [5.41, 5.74) is 0.889. The first kappa shape index (κ1) is 19.3. The fourth-order valence-electron chi connectivity index (χ4n) is 2.31. The molecule has 2 rings (SSSR count). The molecule has 0 aliphatic rings. The van der Waals surface area contributed by atoms with E-state index in [9.17, 15) is 13.2 Å². The number of halogens is 1. The summed E-state index contributed by atoms with van der Waals surface area (Å²) in [6, 6.07) is 12.8. The molecule has 0 N–H and O–H groups in total. The molecular weight excluding hydrogens is 362 g/mol. The molecule has 0 saturated heterocycles. The van der Waals surface area contributed by atoms with E-state index in [1.807, 2.05) is 19.1 Å². The fraction of sp³-hybridized carbons (Fsp3) is 0.278. The second-order valence-electron chi connectivity index (χ2n) is 5.67. The lowest BCUT2D eigenvalue weighted by molar-refractivity contribution is -0.129. The zero-order valence-electron chi connectivity index (χ0n) is 14.3. The summed E-state index contributed by atoms with van der Waals surface area (Å²) >= 11 is 5.77. The van der Waals surface area contributed by atoms with Crippen LogP contribution in [0.1, 0.15) is 18.5 Å². The lowest BCUT2D eigenvalue weighted by Crippen LogP contribution is -2.34. The van der Waals surface area contributed by atoms with E-state index >= 15 is 0 Å². The van der Waals surface area contributed by atoms with Crippen molar-refractivity contribution in [1.82, 2.24) is 4.90 Å². The number of sulfone groups is 1. The third-order valence-corrected chi connectivity index (χ3v) is 5.93. The quantitative estimate of drug-likeness (QED) is 0.769. The molecule has 134 valence electrons. The van der Waals surface area contributed by atoms with Gasteiger partial charge >= 0.3 is 0 Å². The fourth-order valence-corrected chi connectivity index (χ4v) is 3.68. The van der Waals surface area contributed by atoms with Crippen LogP contribution in [-0.4, -0.2) is 39.1 Å². The van der Waals surface area contributed by atoms with E-state index in [4.69, 9.17) is 16.3 Å². The Labute approximate surface area is 153 Å². The summed E-state index contributed by atoms with van der Waals surface area (Å²) in [6.07, 6.45) is 0. The molecule has 0 heterocycles. The summed E-state index contributed by atoms with van der Waals surface area (Å²) in [4.78, 5) is 13.9. The van der Waals surface area contributed by atoms with Crippen molar-refractivity contribution in [2.45, 2.75) is 17.9 Å². The Bertz CT molecular complexity index is 832. The molecule has 2 aromatic carbocycles. The van der Waals surface area contributed by atoms with Crippen LogP contribution in [0.5, 0.6) is 5.75 Å². The molecular formula is C18H20ClNO4S. The van der Waals surface area contributed by atoms with E-state index < -0.39 is 21.5 Å². The molecule has 2 aromatic rings. The number of nitrogens with zero attached hydrogens (tertiary/aromatic N) is 1. The van der Waals surface area contributed by atoms with E-state index in [1.54, 1.807) is 26.3 Å². The van der Waals surface area contributed by atoms with Crippen LogP contribution in [-0.2, 0) is 14.6 Å². The zero-order chi connectivity index (χ0) is 18.6. The van der Waals surface area contributed by atoms with Crippen molar-refractivity contribution in [2.24, 2.45) is 0 Å². The van der Waals surface area contributed by atoms with Crippen LogP contribution in [0.4, 0.5) is 0 Å². The summed E-state index contributed by atoms with van der Waals surface area (Å²) < 4.78 is 29.9. The monoisotopic (exact) mass is 381 g/mol. The average molecular weight is 382 g/mol. The highest BCUT2D eigenvalue weighted by Gasteiger charge is 2.24. The van der Waals surface area contributed by atoms with Crippen molar-refractivity contribution in [3.8, 4) is 5.75 Å². The van der Waals surface area contributed by atoms with Gasteiger partial charge in [-0.05, 0) is 48.9 Å². The molecule has 1 atom stereocenters. The van der Waals surface area contributed by atoms with Crippen molar-refractivity contribution in [3.05, 3.63) is 59.1 Å². The maximum absolute atomic E-state index is 12.4. The summed E-state index contributed by atoms with van der Waals surface area (Å²) in [5, 5.41) is 0.440. The molecule has 0 aliphatic heterocycles. The molecule has 0 aliphatic carbocycles. The van der Waals surface area contributed by atoms with Gasteiger partial charge < -0.3 is 9.64 Å². The Morgan fingerprint density at radius 2 is 1.68 bits per heavy atom. The molecule has 0 spiro atoms. The minimum atomic E-state index is -3.72.